The van der Waals surface area contributed by atoms with Crippen LogP contribution in [0.2, 0.25) is 0 Å². The standard InChI is InChI=1S/C19H18N2O2S2/c22-19(16-9-8-15(25-16)14-7-4-10-23-14)20-11-17-18(21-12-24-17)13-5-2-1-3-6-13/h1-3,5-6,8-9,12,14H,4,7,10-11H2,(H,20,22)/t14-/m1/s1. The van der Waals surface area contributed by atoms with Crippen LogP contribution in [0.5, 0.6) is 0 Å². The van der Waals surface area contributed by atoms with Crippen molar-refractivity contribution < 1.29 is 9.53 Å². The number of rotatable bonds is 5. The van der Waals surface area contributed by atoms with Crippen molar-refractivity contribution in [2.45, 2.75) is 25.5 Å². The largest absolute Gasteiger partial charge is 0.373 e. The van der Waals surface area contributed by atoms with Crippen LogP contribution < -0.4 is 5.32 Å². The molecule has 1 aliphatic rings. The number of benzene rings is 1. The van der Waals surface area contributed by atoms with E-state index in [0.717, 1.165) is 45.3 Å². The van der Waals surface area contributed by atoms with Gasteiger partial charge in [0.1, 0.15) is 0 Å². The van der Waals surface area contributed by atoms with E-state index in [1.807, 2.05) is 48.0 Å². The molecule has 1 aromatic carbocycles. The Kier molecular flexibility index (Phi) is 4.92. The first kappa shape index (κ1) is 16.4. The lowest BCUT2D eigenvalue weighted by Crippen LogP contribution is -2.21. The van der Waals surface area contributed by atoms with Crippen LogP contribution in [0.3, 0.4) is 0 Å². The van der Waals surface area contributed by atoms with Crippen LogP contribution in [0.15, 0.2) is 48.0 Å². The lowest BCUT2D eigenvalue weighted by Gasteiger charge is -2.06. The fraction of sp³-hybridized carbons (Fsp3) is 0.263. The van der Waals surface area contributed by atoms with Gasteiger partial charge in [-0.05, 0) is 25.0 Å². The first-order valence-corrected chi connectivity index (χ1v) is 9.98. The van der Waals surface area contributed by atoms with Crippen molar-refractivity contribution in [1.82, 2.24) is 10.3 Å². The third kappa shape index (κ3) is 3.66. The molecule has 1 N–H and O–H groups in total. The van der Waals surface area contributed by atoms with Gasteiger partial charge in [0.25, 0.3) is 5.91 Å². The van der Waals surface area contributed by atoms with Gasteiger partial charge < -0.3 is 10.1 Å². The van der Waals surface area contributed by atoms with E-state index in [4.69, 9.17) is 4.74 Å². The van der Waals surface area contributed by atoms with E-state index in [1.165, 1.54) is 11.3 Å². The molecule has 3 aromatic rings. The zero-order valence-corrected chi connectivity index (χ0v) is 15.2. The lowest BCUT2D eigenvalue weighted by atomic mass is 10.1. The minimum Gasteiger partial charge on any atom is -0.373 e. The minimum atomic E-state index is -0.0401. The molecule has 1 fully saturated rings. The van der Waals surface area contributed by atoms with Gasteiger partial charge in [0, 0.05) is 17.0 Å². The quantitative estimate of drug-likeness (QED) is 0.711. The number of hydrogen-bond donors (Lipinski definition) is 1. The van der Waals surface area contributed by atoms with E-state index in [9.17, 15) is 4.79 Å². The molecule has 1 saturated heterocycles. The first-order valence-electron chi connectivity index (χ1n) is 8.28. The van der Waals surface area contributed by atoms with Gasteiger partial charge in [0.15, 0.2) is 0 Å². The molecule has 4 nitrogen and oxygen atoms in total. The number of ether oxygens (including phenoxy) is 1. The smallest absolute Gasteiger partial charge is 0.261 e. The molecule has 0 aliphatic carbocycles. The second-order valence-electron chi connectivity index (χ2n) is 5.88. The van der Waals surface area contributed by atoms with Gasteiger partial charge in [-0.15, -0.1) is 22.7 Å². The van der Waals surface area contributed by atoms with E-state index in [-0.39, 0.29) is 12.0 Å². The number of carbonyl (C=O) groups is 1. The molecular weight excluding hydrogens is 352 g/mol. The predicted octanol–water partition coefficient (Wildman–Crippen LogP) is 4.65. The molecule has 0 radical (unpaired) electrons. The molecule has 4 rings (SSSR count). The second-order valence-corrected chi connectivity index (χ2v) is 7.93. The van der Waals surface area contributed by atoms with Crippen LogP contribution >= 0.6 is 22.7 Å². The van der Waals surface area contributed by atoms with E-state index in [0.29, 0.717) is 6.54 Å². The monoisotopic (exact) mass is 370 g/mol. The first-order chi connectivity index (χ1) is 12.3. The lowest BCUT2D eigenvalue weighted by molar-refractivity contribution is 0.0955. The Bertz CT molecular complexity index is 851. The van der Waals surface area contributed by atoms with Gasteiger partial charge >= 0.3 is 0 Å². The topological polar surface area (TPSA) is 51.2 Å². The Morgan fingerprint density at radius 2 is 2.12 bits per heavy atom. The zero-order chi connectivity index (χ0) is 17.1. The van der Waals surface area contributed by atoms with E-state index < -0.39 is 0 Å². The molecule has 2 aromatic heterocycles. The Morgan fingerprint density at radius 1 is 1.24 bits per heavy atom. The summed E-state index contributed by atoms with van der Waals surface area (Å²) in [4.78, 5) is 19.8. The van der Waals surface area contributed by atoms with Gasteiger partial charge in [-0.3, -0.25) is 4.79 Å². The molecule has 0 saturated carbocycles. The predicted molar refractivity (Wildman–Crippen MR) is 101 cm³/mol. The van der Waals surface area contributed by atoms with E-state index >= 15 is 0 Å². The number of thiazole rings is 1. The number of hydrogen-bond acceptors (Lipinski definition) is 5. The van der Waals surface area contributed by atoms with Crippen LogP contribution in [0.25, 0.3) is 11.3 Å². The average Bonchev–Trinajstić information content (AvgIpc) is 3.41. The van der Waals surface area contributed by atoms with Gasteiger partial charge in [0.2, 0.25) is 0 Å². The molecule has 25 heavy (non-hydrogen) atoms. The second kappa shape index (κ2) is 7.47. The molecule has 1 atom stereocenters. The van der Waals surface area contributed by atoms with E-state index in [1.54, 1.807) is 11.3 Å². The summed E-state index contributed by atoms with van der Waals surface area (Å²) >= 11 is 3.09. The molecule has 3 heterocycles. The van der Waals surface area contributed by atoms with Crippen molar-refractivity contribution in [3.8, 4) is 11.3 Å². The van der Waals surface area contributed by atoms with Crippen molar-refractivity contribution >= 4 is 28.6 Å². The Morgan fingerprint density at radius 3 is 2.92 bits per heavy atom. The van der Waals surface area contributed by atoms with Crippen LogP contribution in [0.4, 0.5) is 0 Å². The summed E-state index contributed by atoms with van der Waals surface area (Å²) in [6.45, 7) is 1.30. The number of nitrogens with zero attached hydrogens (tertiary/aromatic N) is 1. The van der Waals surface area contributed by atoms with Crippen molar-refractivity contribution in [1.29, 1.82) is 0 Å². The zero-order valence-electron chi connectivity index (χ0n) is 13.6. The van der Waals surface area contributed by atoms with Crippen LogP contribution in [0.1, 0.15) is 38.4 Å². The highest BCUT2D eigenvalue weighted by Crippen LogP contribution is 2.33. The normalized spacial score (nSPS) is 16.9. The number of amides is 1. The molecule has 0 unspecified atom stereocenters. The van der Waals surface area contributed by atoms with Crippen molar-refractivity contribution in [3.05, 3.63) is 62.6 Å². The van der Waals surface area contributed by atoms with Crippen molar-refractivity contribution in [2.75, 3.05) is 6.61 Å². The van der Waals surface area contributed by atoms with E-state index in [2.05, 4.69) is 10.3 Å². The summed E-state index contributed by atoms with van der Waals surface area (Å²) < 4.78 is 5.69. The fourth-order valence-electron chi connectivity index (χ4n) is 2.93. The fourth-order valence-corrected chi connectivity index (χ4v) is 4.66. The maximum absolute atomic E-state index is 12.5. The van der Waals surface area contributed by atoms with Gasteiger partial charge in [0.05, 0.1) is 33.6 Å². The summed E-state index contributed by atoms with van der Waals surface area (Å²) in [6.07, 6.45) is 2.30. The summed E-state index contributed by atoms with van der Waals surface area (Å²) in [7, 11) is 0. The number of nitrogens with one attached hydrogen (secondary N) is 1. The minimum absolute atomic E-state index is 0.0401. The van der Waals surface area contributed by atoms with Crippen molar-refractivity contribution in [2.24, 2.45) is 0 Å². The number of thiophene rings is 1. The van der Waals surface area contributed by atoms with Crippen LogP contribution in [0, 0.1) is 0 Å². The van der Waals surface area contributed by atoms with Gasteiger partial charge in [-0.1, -0.05) is 30.3 Å². The third-order valence-corrected chi connectivity index (χ3v) is 6.20. The summed E-state index contributed by atoms with van der Waals surface area (Å²) in [5, 5.41) is 3.02. The van der Waals surface area contributed by atoms with Gasteiger partial charge in [-0.25, -0.2) is 4.98 Å². The molecule has 1 aliphatic heterocycles. The molecular formula is C19H18N2O2S2. The molecule has 0 bridgehead atoms. The number of carbonyl (C=O) groups excluding carboxylic acids is 1. The molecule has 0 spiro atoms. The highest BCUT2D eigenvalue weighted by Gasteiger charge is 2.21. The third-order valence-electron chi connectivity index (χ3n) is 4.20. The number of aromatic nitrogens is 1. The highest BCUT2D eigenvalue weighted by atomic mass is 32.1. The Labute approximate surface area is 154 Å². The molecule has 1 amide bonds. The molecule has 128 valence electrons. The van der Waals surface area contributed by atoms with Crippen molar-refractivity contribution in [3.63, 3.8) is 0 Å². The maximum atomic E-state index is 12.5. The maximum Gasteiger partial charge on any atom is 0.261 e. The Hall–Kier alpha value is -2.02. The van der Waals surface area contributed by atoms with Gasteiger partial charge in [-0.2, -0.15) is 0 Å². The SMILES string of the molecule is O=C(NCc1scnc1-c1ccccc1)c1ccc([C@H]2CCCO2)s1. The summed E-state index contributed by atoms with van der Waals surface area (Å²) in [5.41, 5.74) is 3.84. The summed E-state index contributed by atoms with van der Waals surface area (Å²) in [5.74, 6) is -0.0401. The average molecular weight is 370 g/mol. The molecule has 6 heteroatoms. The highest BCUT2D eigenvalue weighted by molar-refractivity contribution is 7.14. The summed E-state index contributed by atoms with van der Waals surface area (Å²) in [6, 6.07) is 13.9. The van der Waals surface area contributed by atoms with Crippen LogP contribution in [-0.4, -0.2) is 17.5 Å². The van der Waals surface area contributed by atoms with Crippen LogP contribution in [-0.2, 0) is 11.3 Å². The Balaban J connectivity index is 1.42.